The average Bonchev–Trinajstić information content (AvgIpc) is 2.78. The summed E-state index contributed by atoms with van der Waals surface area (Å²) >= 11 is 0. The maximum atomic E-state index is 12.1. The lowest BCUT2D eigenvalue weighted by Gasteiger charge is -2.31. The van der Waals surface area contributed by atoms with E-state index in [1.807, 2.05) is 30.9 Å². The number of nitrogens with one attached hydrogen (secondary N) is 1. The Balaban J connectivity index is 2.20. The topological polar surface area (TPSA) is 41.6 Å². The molecule has 1 aliphatic heterocycles. The van der Waals surface area contributed by atoms with Crippen LogP contribution in [0.1, 0.15) is 31.1 Å². The Morgan fingerprint density at radius 1 is 1.47 bits per heavy atom. The molecule has 1 heterocycles. The molecule has 1 N–H and O–H groups in total. The zero-order valence-corrected chi connectivity index (χ0v) is 11.8. The van der Waals surface area contributed by atoms with E-state index in [1.165, 1.54) is 5.56 Å². The van der Waals surface area contributed by atoms with Gasteiger partial charge in [0, 0.05) is 6.61 Å². The first-order valence-corrected chi connectivity index (χ1v) is 6.83. The van der Waals surface area contributed by atoms with Crippen molar-refractivity contribution in [1.29, 1.82) is 0 Å². The third-order valence-corrected chi connectivity index (χ3v) is 3.53. The Hall–Kier alpha value is -1.39. The Labute approximate surface area is 114 Å². The number of carbonyl (C=O) groups is 1. The lowest BCUT2D eigenvalue weighted by Crippen LogP contribution is -2.40. The molecule has 0 aromatic heterocycles. The van der Waals surface area contributed by atoms with Crippen molar-refractivity contribution in [3.63, 3.8) is 0 Å². The van der Waals surface area contributed by atoms with Crippen molar-refractivity contribution < 1.29 is 9.53 Å². The molecule has 1 amide bonds. The number of hydrogen-bond acceptors (Lipinski definition) is 3. The molecule has 2 rings (SSSR count). The molecular formula is C15H22N2O2. The summed E-state index contributed by atoms with van der Waals surface area (Å²) in [5.41, 5.74) is 2.36. The summed E-state index contributed by atoms with van der Waals surface area (Å²) in [4.78, 5) is 14.0. The number of ether oxygens (including phenoxy) is 1. The van der Waals surface area contributed by atoms with Gasteiger partial charge in [0.15, 0.2) is 0 Å². The second-order valence-corrected chi connectivity index (χ2v) is 4.95. The Bertz CT molecular complexity index is 448. The highest BCUT2D eigenvalue weighted by Gasteiger charge is 2.35. The molecule has 104 valence electrons. The normalized spacial score (nSPS) is 20.9. The van der Waals surface area contributed by atoms with Crippen LogP contribution in [0.25, 0.3) is 0 Å². The molecule has 0 radical (unpaired) electrons. The van der Waals surface area contributed by atoms with Crippen LogP contribution in [0.2, 0.25) is 0 Å². The fourth-order valence-corrected chi connectivity index (χ4v) is 2.54. The average molecular weight is 262 g/mol. The van der Waals surface area contributed by atoms with E-state index in [9.17, 15) is 4.79 Å². The number of benzene rings is 1. The van der Waals surface area contributed by atoms with E-state index in [4.69, 9.17) is 4.74 Å². The van der Waals surface area contributed by atoms with Crippen molar-refractivity contribution in [2.45, 2.75) is 33.0 Å². The number of rotatable bonds is 5. The molecule has 2 unspecified atom stereocenters. The lowest BCUT2D eigenvalue weighted by molar-refractivity contribution is -0.131. The molecule has 1 aliphatic rings. The molecule has 1 saturated heterocycles. The van der Waals surface area contributed by atoms with Gasteiger partial charge in [-0.15, -0.1) is 0 Å². The fourth-order valence-electron chi connectivity index (χ4n) is 2.54. The summed E-state index contributed by atoms with van der Waals surface area (Å²) in [7, 11) is 0. The predicted octanol–water partition coefficient (Wildman–Crippen LogP) is 1.85. The Morgan fingerprint density at radius 2 is 2.21 bits per heavy atom. The van der Waals surface area contributed by atoms with Gasteiger partial charge in [-0.1, -0.05) is 24.3 Å². The SMILES string of the molecule is CCOCC(C)N1C(=O)CNC1c1ccccc1C. The summed E-state index contributed by atoms with van der Waals surface area (Å²) < 4.78 is 5.45. The van der Waals surface area contributed by atoms with Gasteiger partial charge in [-0.05, 0) is 31.9 Å². The first-order chi connectivity index (χ1) is 9.15. The minimum Gasteiger partial charge on any atom is -0.380 e. The second kappa shape index (κ2) is 6.17. The minimum atomic E-state index is -0.0378. The summed E-state index contributed by atoms with van der Waals surface area (Å²) in [6.07, 6.45) is -0.0378. The smallest absolute Gasteiger partial charge is 0.238 e. The third kappa shape index (κ3) is 2.96. The number of carbonyl (C=O) groups excluding carboxylic acids is 1. The van der Waals surface area contributed by atoms with Gasteiger partial charge in [0.05, 0.1) is 19.2 Å². The summed E-state index contributed by atoms with van der Waals surface area (Å²) in [5.74, 6) is 0.139. The van der Waals surface area contributed by atoms with Crippen molar-refractivity contribution in [2.75, 3.05) is 19.8 Å². The van der Waals surface area contributed by atoms with Gasteiger partial charge >= 0.3 is 0 Å². The van der Waals surface area contributed by atoms with Crippen molar-refractivity contribution in [3.05, 3.63) is 35.4 Å². The Morgan fingerprint density at radius 3 is 2.89 bits per heavy atom. The van der Waals surface area contributed by atoms with Crippen LogP contribution < -0.4 is 5.32 Å². The van der Waals surface area contributed by atoms with Crippen LogP contribution in [-0.4, -0.2) is 36.6 Å². The van der Waals surface area contributed by atoms with Crippen LogP contribution >= 0.6 is 0 Å². The van der Waals surface area contributed by atoms with Crippen molar-refractivity contribution in [2.24, 2.45) is 0 Å². The molecular weight excluding hydrogens is 240 g/mol. The van der Waals surface area contributed by atoms with E-state index in [2.05, 4.69) is 24.4 Å². The van der Waals surface area contributed by atoms with Crippen LogP contribution in [0.4, 0.5) is 0 Å². The zero-order chi connectivity index (χ0) is 13.8. The van der Waals surface area contributed by atoms with Gasteiger partial charge in [-0.25, -0.2) is 0 Å². The zero-order valence-electron chi connectivity index (χ0n) is 11.8. The third-order valence-electron chi connectivity index (χ3n) is 3.53. The monoisotopic (exact) mass is 262 g/mol. The quantitative estimate of drug-likeness (QED) is 0.880. The molecule has 0 aliphatic carbocycles. The van der Waals surface area contributed by atoms with E-state index in [0.717, 1.165) is 5.56 Å². The molecule has 19 heavy (non-hydrogen) atoms. The van der Waals surface area contributed by atoms with Crippen LogP contribution in [0.3, 0.4) is 0 Å². The molecule has 1 fully saturated rings. The first-order valence-electron chi connectivity index (χ1n) is 6.83. The van der Waals surface area contributed by atoms with Crippen molar-refractivity contribution in [1.82, 2.24) is 10.2 Å². The van der Waals surface area contributed by atoms with Gasteiger partial charge in [0.2, 0.25) is 5.91 Å². The largest absolute Gasteiger partial charge is 0.380 e. The highest BCUT2D eigenvalue weighted by Crippen LogP contribution is 2.27. The highest BCUT2D eigenvalue weighted by molar-refractivity contribution is 5.81. The van der Waals surface area contributed by atoms with Crippen LogP contribution in [0.15, 0.2) is 24.3 Å². The molecule has 0 bridgehead atoms. The summed E-state index contributed by atoms with van der Waals surface area (Å²) in [6.45, 7) is 7.73. The van der Waals surface area contributed by atoms with Crippen LogP contribution in [0, 0.1) is 6.92 Å². The summed E-state index contributed by atoms with van der Waals surface area (Å²) in [6, 6.07) is 8.26. The predicted molar refractivity (Wildman–Crippen MR) is 74.7 cm³/mol. The maximum absolute atomic E-state index is 12.1. The summed E-state index contributed by atoms with van der Waals surface area (Å²) in [5, 5.41) is 3.29. The molecule has 4 nitrogen and oxygen atoms in total. The van der Waals surface area contributed by atoms with Crippen LogP contribution in [-0.2, 0) is 9.53 Å². The lowest BCUT2D eigenvalue weighted by atomic mass is 10.1. The molecule has 1 aromatic rings. The van der Waals surface area contributed by atoms with E-state index in [0.29, 0.717) is 19.8 Å². The van der Waals surface area contributed by atoms with E-state index < -0.39 is 0 Å². The van der Waals surface area contributed by atoms with Crippen molar-refractivity contribution in [3.8, 4) is 0 Å². The van der Waals surface area contributed by atoms with E-state index in [1.54, 1.807) is 0 Å². The van der Waals surface area contributed by atoms with E-state index in [-0.39, 0.29) is 18.1 Å². The molecule has 0 saturated carbocycles. The van der Waals surface area contributed by atoms with Gasteiger partial charge in [0.1, 0.15) is 6.17 Å². The first kappa shape index (κ1) is 14.0. The molecule has 4 heteroatoms. The maximum Gasteiger partial charge on any atom is 0.238 e. The number of aryl methyl sites for hydroxylation is 1. The fraction of sp³-hybridized carbons (Fsp3) is 0.533. The molecule has 1 aromatic carbocycles. The van der Waals surface area contributed by atoms with Gasteiger partial charge in [-0.2, -0.15) is 0 Å². The number of amides is 1. The number of hydrogen-bond donors (Lipinski definition) is 1. The van der Waals surface area contributed by atoms with Gasteiger partial charge < -0.3 is 9.64 Å². The standard InChI is InChI=1S/C15H22N2O2/c1-4-19-10-12(3)17-14(18)9-16-15(17)13-8-6-5-7-11(13)2/h5-8,12,15-16H,4,9-10H2,1-3H3. The second-order valence-electron chi connectivity index (χ2n) is 4.95. The Kier molecular flexibility index (Phi) is 4.56. The molecule has 0 spiro atoms. The highest BCUT2D eigenvalue weighted by atomic mass is 16.5. The van der Waals surface area contributed by atoms with Crippen molar-refractivity contribution >= 4 is 5.91 Å². The molecule has 2 atom stereocenters. The van der Waals surface area contributed by atoms with Crippen LogP contribution in [0.5, 0.6) is 0 Å². The van der Waals surface area contributed by atoms with Gasteiger partial charge in [-0.3, -0.25) is 10.1 Å². The minimum absolute atomic E-state index is 0.0378. The number of nitrogens with zero attached hydrogens (tertiary/aromatic N) is 1. The van der Waals surface area contributed by atoms with Gasteiger partial charge in [0.25, 0.3) is 0 Å². The van der Waals surface area contributed by atoms with E-state index >= 15 is 0 Å².